The van der Waals surface area contributed by atoms with Crippen molar-refractivity contribution in [2.24, 2.45) is 0 Å². The van der Waals surface area contributed by atoms with Gasteiger partial charge >= 0.3 is 0 Å². The van der Waals surface area contributed by atoms with Gasteiger partial charge in [0.05, 0.1) is 6.04 Å². The minimum Gasteiger partial charge on any atom is -0.354 e. The number of hydrogen-bond acceptors (Lipinski definition) is 3. The van der Waals surface area contributed by atoms with Crippen molar-refractivity contribution < 1.29 is 13.9 Å². The molecule has 0 fully saturated rings. The first-order valence-corrected chi connectivity index (χ1v) is 6.07. The minimum atomic E-state index is -0.317. The molecule has 18 heavy (non-hydrogen) atoms. The summed E-state index contributed by atoms with van der Waals surface area (Å²) in [6.45, 7) is 5.72. The van der Waals surface area contributed by atoms with E-state index in [0.29, 0.717) is 5.56 Å². The molecular weight excluding hydrogens is 233 g/mol. The predicted octanol–water partition coefficient (Wildman–Crippen LogP) is 2.79. The van der Waals surface area contributed by atoms with Crippen LogP contribution in [0.1, 0.15) is 31.0 Å². The molecule has 0 radical (unpaired) electrons. The molecule has 102 valence electrons. The van der Waals surface area contributed by atoms with Gasteiger partial charge in [-0.3, -0.25) is 0 Å². The third kappa shape index (κ3) is 3.77. The number of methoxy groups -OCH3 is 2. The minimum absolute atomic E-state index is 0.0133. The quantitative estimate of drug-likeness (QED) is 0.793. The van der Waals surface area contributed by atoms with Crippen LogP contribution in [0.3, 0.4) is 0 Å². The Kier molecular flexibility index (Phi) is 5.72. The van der Waals surface area contributed by atoms with E-state index in [4.69, 9.17) is 9.47 Å². The molecule has 0 bridgehead atoms. The van der Waals surface area contributed by atoms with Crippen LogP contribution < -0.4 is 5.32 Å². The number of hydrogen-bond donors (Lipinski definition) is 1. The van der Waals surface area contributed by atoms with Crippen molar-refractivity contribution in [3.05, 3.63) is 35.1 Å². The first-order chi connectivity index (χ1) is 8.49. The van der Waals surface area contributed by atoms with Crippen molar-refractivity contribution in [3.8, 4) is 0 Å². The normalized spacial score (nSPS) is 14.8. The second kappa shape index (κ2) is 6.83. The van der Waals surface area contributed by atoms with Gasteiger partial charge in [0, 0.05) is 20.3 Å². The molecule has 3 nitrogen and oxygen atoms in total. The smallest absolute Gasteiger partial charge is 0.171 e. The molecule has 1 aromatic carbocycles. The van der Waals surface area contributed by atoms with Crippen molar-refractivity contribution in [1.82, 2.24) is 5.32 Å². The average Bonchev–Trinajstić information content (AvgIpc) is 2.34. The summed E-state index contributed by atoms with van der Waals surface area (Å²) in [6.07, 6.45) is -0.317. The van der Waals surface area contributed by atoms with Crippen LogP contribution >= 0.6 is 0 Å². The van der Waals surface area contributed by atoms with Crippen molar-refractivity contribution in [2.75, 3.05) is 14.2 Å². The Morgan fingerprint density at radius 1 is 1.17 bits per heavy atom. The van der Waals surface area contributed by atoms with Gasteiger partial charge < -0.3 is 14.8 Å². The van der Waals surface area contributed by atoms with Crippen LogP contribution in [-0.4, -0.2) is 26.6 Å². The molecule has 0 heterocycles. The first-order valence-electron chi connectivity index (χ1n) is 6.07. The van der Waals surface area contributed by atoms with E-state index in [9.17, 15) is 4.39 Å². The maximum absolute atomic E-state index is 13.5. The maximum atomic E-state index is 13.5. The maximum Gasteiger partial charge on any atom is 0.171 e. The average molecular weight is 255 g/mol. The SMILES string of the molecule is COC(OC)C(C)NC(C)c1ccc(C)c(F)c1. The molecule has 0 aliphatic heterocycles. The van der Waals surface area contributed by atoms with E-state index in [1.807, 2.05) is 19.9 Å². The molecule has 0 aliphatic carbocycles. The van der Waals surface area contributed by atoms with Crippen LogP contribution in [0.2, 0.25) is 0 Å². The third-order valence-corrected chi connectivity index (χ3v) is 3.08. The number of nitrogens with one attached hydrogen (secondary N) is 1. The molecule has 1 aromatic rings. The van der Waals surface area contributed by atoms with Crippen molar-refractivity contribution >= 4 is 0 Å². The van der Waals surface area contributed by atoms with Crippen LogP contribution in [0.5, 0.6) is 0 Å². The highest BCUT2D eigenvalue weighted by atomic mass is 19.1. The van der Waals surface area contributed by atoms with Crippen LogP contribution in [0, 0.1) is 12.7 Å². The molecule has 0 aromatic heterocycles. The number of ether oxygens (including phenoxy) is 2. The van der Waals surface area contributed by atoms with Gasteiger partial charge in [-0.05, 0) is 38.0 Å². The molecule has 4 heteroatoms. The van der Waals surface area contributed by atoms with Gasteiger partial charge in [-0.2, -0.15) is 0 Å². The van der Waals surface area contributed by atoms with Gasteiger partial charge in [-0.25, -0.2) is 4.39 Å². The van der Waals surface area contributed by atoms with Gasteiger partial charge in [0.15, 0.2) is 6.29 Å². The summed E-state index contributed by atoms with van der Waals surface area (Å²) in [5.74, 6) is -0.177. The second-order valence-corrected chi connectivity index (χ2v) is 4.53. The molecule has 0 amide bonds. The standard InChI is InChI=1S/C14H22FNO2/c1-9-6-7-12(8-13(9)15)10(2)16-11(3)14(17-4)18-5/h6-8,10-11,14,16H,1-5H3. The second-order valence-electron chi connectivity index (χ2n) is 4.53. The number of rotatable bonds is 6. The fourth-order valence-electron chi connectivity index (χ4n) is 1.95. The van der Waals surface area contributed by atoms with Crippen LogP contribution in [0.15, 0.2) is 18.2 Å². The highest BCUT2D eigenvalue weighted by Gasteiger charge is 2.18. The Morgan fingerprint density at radius 2 is 1.78 bits per heavy atom. The summed E-state index contributed by atoms with van der Waals surface area (Å²) in [4.78, 5) is 0. The summed E-state index contributed by atoms with van der Waals surface area (Å²) in [7, 11) is 3.20. The van der Waals surface area contributed by atoms with E-state index in [1.54, 1.807) is 33.3 Å². The van der Waals surface area contributed by atoms with E-state index in [2.05, 4.69) is 5.32 Å². The van der Waals surface area contributed by atoms with Gasteiger partial charge in [0.2, 0.25) is 0 Å². The van der Waals surface area contributed by atoms with Gasteiger partial charge in [-0.15, -0.1) is 0 Å². The van der Waals surface area contributed by atoms with Crippen molar-refractivity contribution in [2.45, 2.75) is 39.1 Å². The molecule has 0 aliphatic rings. The fourth-order valence-corrected chi connectivity index (χ4v) is 1.95. The lowest BCUT2D eigenvalue weighted by atomic mass is 10.1. The predicted molar refractivity (Wildman–Crippen MR) is 70.0 cm³/mol. The van der Waals surface area contributed by atoms with Gasteiger partial charge in [0.1, 0.15) is 5.82 Å². The van der Waals surface area contributed by atoms with E-state index in [1.165, 1.54) is 0 Å². The Morgan fingerprint density at radius 3 is 2.28 bits per heavy atom. The first kappa shape index (κ1) is 15.1. The van der Waals surface area contributed by atoms with E-state index in [0.717, 1.165) is 5.56 Å². The lowest BCUT2D eigenvalue weighted by Crippen LogP contribution is -2.40. The lowest BCUT2D eigenvalue weighted by Gasteiger charge is -2.26. The summed E-state index contributed by atoms with van der Waals surface area (Å²) in [5.41, 5.74) is 1.57. The molecule has 2 unspecified atom stereocenters. The van der Waals surface area contributed by atoms with Crippen LogP contribution in [0.4, 0.5) is 4.39 Å². The summed E-state index contributed by atoms with van der Waals surface area (Å²) >= 11 is 0. The van der Waals surface area contributed by atoms with E-state index < -0.39 is 0 Å². The highest BCUT2D eigenvalue weighted by Crippen LogP contribution is 2.17. The Hall–Kier alpha value is -0.970. The summed E-state index contributed by atoms with van der Waals surface area (Å²) in [6, 6.07) is 5.32. The molecule has 1 rings (SSSR count). The number of benzene rings is 1. The molecule has 1 N–H and O–H groups in total. The Labute approximate surface area is 108 Å². The van der Waals surface area contributed by atoms with Crippen LogP contribution in [-0.2, 0) is 9.47 Å². The van der Waals surface area contributed by atoms with E-state index in [-0.39, 0.29) is 24.2 Å². The Bertz CT molecular complexity index is 380. The molecule has 0 saturated carbocycles. The zero-order chi connectivity index (χ0) is 13.7. The largest absolute Gasteiger partial charge is 0.354 e. The number of halogens is 1. The summed E-state index contributed by atoms with van der Waals surface area (Å²) < 4.78 is 23.9. The monoisotopic (exact) mass is 255 g/mol. The lowest BCUT2D eigenvalue weighted by molar-refractivity contribution is -0.120. The Balaban J connectivity index is 2.69. The summed E-state index contributed by atoms with van der Waals surface area (Å²) in [5, 5.41) is 3.33. The number of aryl methyl sites for hydroxylation is 1. The zero-order valence-electron chi connectivity index (χ0n) is 11.7. The van der Waals surface area contributed by atoms with Gasteiger partial charge in [-0.1, -0.05) is 12.1 Å². The molecule has 0 saturated heterocycles. The van der Waals surface area contributed by atoms with Crippen molar-refractivity contribution in [3.63, 3.8) is 0 Å². The van der Waals surface area contributed by atoms with Gasteiger partial charge in [0.25, 0.3) is 0 Å². The van der Waals surface area contributed by atoms with Crippen molar-refractivity contribution in [1.29, 1.82) is 0 Å². The molecular formula is C14H22FNO2. The molecule has 2 atom stereocenters. The van der Waals surface area contributed by atoms with Crippen LogP contribution in [0.25, 0.3) is 0 Å². The van der Waals surface area contributed by atoms with E-state index >= 15 is 0 Å². The highest BCUT2D eigenvalue weighted by molar-refractivity contribution is 5.25. The fraction of sp³-hybridized carbons (Fsp3) is 0.571. The third-order valence-electron chi connectivity index (χ3n) is 3.08. The molecule has 0 spiro atoms. The zero-order valence-corrected chi connectivity index (χ0v) is 11.7. The topological polar surface area (TPSA) is 30.5 Å².